The third-order valence-electron chi connectivity index (χ3n) is 4.90. The molecule has 0 saturated carbocycles. The van der Waals surface area contributed by atoms with Gasteiger partial charge in [-0.15, -0.1) is 0 Å². The number of hydrogen-bond acceptors (Lipinski definition) is 5. The molecule has 2 aromatic rings. The van der Waals surface area contributed by atoms with Crippen molar-refractivity contribution in [2.75, 3.05) is 5.32 Å². The third-order valence-corrected chi connectivity index (χ3v) is 4.90. The molecule has 0 radical (unpaired) electrons. The minimum absolute atomic E-state index is 0.137. The van der Waals surface area contributed by atoms with Crippen molar-refractivity contribution in [2.24, 2.45) is 24.1 Å². The number of fused-ring (bicyclic) bond motifs is 1. The maximum Gasteiger partial charge on any atom is 0.278 e. The van der Waals surface area contributed by atoms with E-state index in [-0.39, 0.29) is 22.5 Å². The molecule has 1 atom stereocenters. The summed E-state index contributed by atoms with van der Waals surface area (Å²) in [5, 5.41) is 10.6. The van der Waals surface area contributed by atoms with Crippen molar-refractivity contribution in [3.63, 3.8) is 0 Å². The number of anilines is 1. The minimum atomic E-state index is -0.662. The van der Waals surface area contributed by atoms with Crippen LogP contribution in [0.2, 0.25) is 0 Å². The van der Waals surface area contributed by atoms with Gasteiger partial charge in [-0.25, -0.2) is 0 Å². The first kappa shape index (κ1) is 17.2. The van der Waals surface area contributed by atoms with E-state index in [1.54, 1.807) is 7.05 Å². The molecule has 0 saturated heterocycles. The first-order chi connectivity index (χ1) is 11.7. The minimum Gasteiger partial charge on any atom is -0.364 e. The Morgan fingerprint density at radius 2 is 2.12 bits per heavy atom. The van der Waals surface area contributed by atoms with E-state index in [1.807, 2.05) is 0 Å². The summed E-state index contributed by atoms with van der Waals surface area (Å²) in [6.45, 7) is 6.60. The molecule has 3 rings (SSSR count). The number of nitrogens with one attached hydrogen (secondary N) is 1. The predicted molar refractivity (Wildman–Crippen MR) is 91.2 cm³/mol. The number of aryl methyl sites for hydroxylation is 2. The van der Waals surface area contributed by atoms with Gasteiger partial charge in [0, 0.05) is 19.0 Å². The molecule has 0 fully saturated rings. The quantitative estimate of drug-likeness (QED) is 0.881. The van der Waals surface area contributed by atoms with Crippen molar-refractivity contribution in [1.82, 2.24) is 14.9 Å². The molecular weight excluding hydrogens is 322 g/mol. The van der Waals surface area contributed by atoms with E-state index < -0.39 is 11.8 Å². The second kappa shape index (κ2) is 6.02. The van der Waals surface area contributed by atoms with Crippen LogP contribution >= 0.6 is 0 Å². The molecule has 0 aromatic carbocycles. The van der Waals surface area contributed by atoms with Crippen LogP contribution < -0.4 is 11.1 Å². The van der Waals surface area contributed by atoms with E-state index in [0.29, 0.717) is 5.92 Å². The Balaban J connectivity index is 1.86. The summed E-state index contributed by atoms with van der Waals surface area (Å²) >= 11 is 0. The molecule has 134 valence electrons. The fourth-order valence-corrected chi connectivity index (χ4v) is 3.32. The van der Waals surface area contributed by atoms with Crippen LogP contribution in [0.1, 0.15) is 59.5 Å². The Bertz CT molecular complexity index is 828. The molecule has 25 heavy (non-hydrogen) atoms. The number of nitrogens with two attached hydrogens (primary N) is 1. The first-order valence-corrected chi connectivity index (χ1v) is 8.29. The lowest BCUT2D eigenvalue weighted by Crippen LogP contribution is -2.28. The van der Waals surface area contributed by atoms with Crippen molar-refractivity contribution in [3.8, 4) is 0 Å². The van der Waals surface area contributed by atoms with Gasteiger partial charge < -0.3 is 15.6 Å². The molecule has 8 nitrogen and oxygen atoms in total. The Labute approximate surface area is 145 Å². The average Bonchev–Trinajstić information content (AvgIpc) is 3.09. The Morgan fingerprint density at radius 1 is 1.40 bits per heavy atom. The first-order valence-electron chi connectivity index (χ1n) is 8.29. The maximum atomic E-state index is 12.7. The van der Waals surface area contributed by atoms with E-state index in [2.05, 4.69) is 36.3 Å². The largest absolute Gasteiger partial charge is 0.364 e. The number of hydrogen-bond donors (Lipinski definition) is 2. The fraction of sp³-hybridized carbons (Fsp3) is 0.529. The van der Waals surface area contributed by atoms with Crippen LogP contribution in [0.15, 0.2) is 10.7 Å². The highest BCUT2D eigenvalue weighted by Gasteiger charge is 2.34. The molecule has 0 unspecified atom stereocenters. The average molecular weight is 345 g/mol. The Hall–Kier alpha value is -2.64. The fourth-order valence-electron chi connectivity index (χ4n) is 3.32. The van der Waals surface area contributed by atoms with Gasteiger partial charge in [0.15, 0.2) is 5.69 Å². The van der Waals surface area contributed by atoms with E-state index in [0.717, 1.165) is 30.6 Å². The summed E-state index contributed by atoms with van der Waals surface area (Å²) in [6, 6.07) is 0. The summed E-state index contributed by atoms with van der Waals surface area (Å²) in [4.78, 5) is 24.2. The van der Waals surface area contributed by atoms with Crippen LogP contribution in [0, 0.1) is 11.3 Å². The SMILES string of the molecule is Cn1ncc(NC(=O)c2noc3c2C[C@@H](C(C)(C)C)CC3)c1C(N)=O. The van der Waals surface area contributed by atoms with Crippen LogP contribution in [0.25, 0.3) is 0 Å². The normalized spacial score (nSPS) is 17.2. The Kier molecular flexibility index (Phi) is 4.14. The zero-order chi connectivity index (χ0) is 18.4. The van der Waals surface area contributed by atoms with Crippen LogP contribution in [0.5, 0.6) is 0 Å². The molecule has 0 aliphatic heterocycles. The van der Waals surface area contributed by atoms with Crippen molar-refractivity contribution in [2.45, 2.75) is 40.0 Å². The van der Waals surface area contributed by atoms with Gasteiger partial charge in [0.2, 0.25) is 0 Å². The second-order valence-electron chi connectivity index (χ2n) is 7.59. The predicted octanol–water partition coefficient (Wildman–Crippen LogP) is 1.91. The smallest absolute Gasteiger partial charge is 0.278 e. The van der Waals surface area contributed by atoms with E-state index in [1.165, 1.54) is 10.9 Å². The molecule has 2 amide bonds. The standard InChI is InChI=1S/C17H23N5O3/c1-17(2,3)9-5-6-12-10(7-9)13(21-25-12)16(24)20-11-8-19-22(4)14(11)15(18)23/h8-9H,5-7H2,1-4H3,(H2,18,23)(H,20,24)/t9-/m0/s1. The van der Waals surface area contributed by atoms with Gasteiger partial charge in [-0.1, -0.05) is 25.9 Å². The summed E-state index contributed by atoms with van der Waals surface area (Å²) in [7, 11) is 1.58. The van der Waals surface area contributed by atoms with Gasteiger partial charge in [0.1, 0.15) is 11.5 Å². The molecule has 1 aliphatic rings. The van der Waals surface area contributed by atoms with Crippen molar-refractivity contribution < 1.29 is 14.1 Å². The van der Waals surface area contributed by atoms with Crippen molar-refractivity contribution >= 4 is 17.5 Å². The van der Waals surface area contributed by atoms with Gasteiger partial charge in [0.05, 0.1) is 11.9 Å². The third kappa shape index (κ3) is 3.16. The molecule has 1 aliphatic carbocycles. The van der Waals surface area contributed by atoms with Gasteiger partial charge in [-0.05, 0) is 24.2 Å². The molecule has 2 heterocycles. The molecular formula is C17H23N5O3. The van der Waals surface area contributed by atoms with Gasteiger partial charge in [-0.3, -0.25) is 14.3 Å². The topological polar surface area (TPSA) is 116 Å². The van der Waals surface area contributed by atoms with Crippen LogP contribution in [-0.2, 0) is 19.9 Å². The summed E-state index contributed by atoms with van der Waals surface area (Å²) in [5.41, 5.74) is 7.01. The maximum absolute atomic E-state index is 12.7. The van der Waals surface area contributed by atoms with Crippen LogP contribution in [0.3, 0.4) is 0 Å². The highest BCUT2D eigenvalue weighted by atomic mass is 16.5. The van der Waals surface area contributed by atoms with Gasteiger partial charge in [-0.2, -0.15) is 5.10 Å². The number of carbonyl (C=O) groups excluding carboxylic acids is 2. The number of aromatic nitrogens is 3. The van der Waals surface area contributed by atoms with E-state index in [9.17, 15) is 9.59 Å². The number of carbonyl (C=O) groups is 2. The zero-order valence-corrected chi connectivity index (χ0v) is 14.9. The number of nitrogens with zero attached hydrogens (tertiary/aromatic N) is 3. The van der Waals surface area contributed by atoms with Crippen molar-refractivity contribution in [1.29, 1.82) is 0 Å². The second-order valence-corrected chi connectivity index (χ2v) is 7.59. The molecule has 0 spiro atoms. The lowest BCUT2D eigenvalue weighted by atomic mass is 9.71. The number of primary amides is 1. The lowest BCUT2D eigenvalue weighted by Gasteiger charge is -2.33. The lowest BCUT2D eigenvalue weighted by molar-refractivity contribution is 0.0992. The van der Waals surface area contributed by atoms with E-state index >= 15 is 0 Å². The number of amides is 2. The number of rotatable bonds is 3. The van der Waals surface area contributed by atoms with E-state index in [4.69, 9.17) is 10.3 Å². The monoisotopic (exact) mass is 345 g/mol. The zero-order valence-electron chi connectivity index (χ0n) is 14.9. The van der Waals surface area contributed by atoms with Crippen LogP contribution in [-0.4, -0.2) is 26.8 Å². The highest BCUT2D eigenvalue weighted by molar-refractivity contribution is 6.07. The Morgan fingerprint density at radius 3 is 2.76 bits per heavy atom. The summed E-state index contributed by atoms with van der Waals surface area (Å²) < 4.78 is 6.69. The van der Waals surface area contributed by atoms with Gasteiger partial charge >= 0.3 is 0 Å². The molecule has 0 bridgehead atoms. The molecule has 3 N–H and O–H groups in total. The molecule has 8 heteroatoms. The highest BCUT2D eigenvalue weighted by Crippen LogP contribution is 2.38. The van der Waals surface area contributed by atoms with Crippen LogP contribution in [0.4, 0.5) is 5.69 Å². The van der Waals surface area contributed by atoms with Gasteiger partial charge in [0.25, 0.3) is 11.8 Å². The van der Waals surface area contributed by atoms with Crippen molar-refractivity contribution in [3.05, 3.63) is 28.9 Å². The summed E-state index contributed by atoms with van der Waals surface area (Å²) in [5.74, 6) is 0.137. The summed E-state index contributed by atoms with van der Waals surface area (Å²) in [6.07, 6.45) is 3.93. The molecule has 2 aromatic heterocycles.